The van der Waals surface area contributed by atoms with Crippen LogP contribution in [0.15, 0.2) is 24.8 Å². The van der Waals surface area contributed by atoms with Gasteiger partial charge < -0.3 is 10.1 Å². The first-order chi connectivity index (χ1) is 7.78. The summed E-state index contributed by atoms with van der Waals surface area (Å²) in [4.78, 5) is 8.07. The molecule has 1 N–H and O–H groups in total. The van der Waals surface area contributed by atoms with Crippen LogP contribution in [0.2, 0.25) is 0 Å². The molecule has 0 aliphatic carbocycles. The standard InChI is InChI=1S/C10H13N5O/c1-3-16-10-4-9(11-7-12-10)14-8-5-13-15(2)6-8/h4-7H,3H2,1-2H3,(H,11,12,14). The fourth-order valence-electron chi connectivity index (χ4n) is 1.27. The van der Waals surface area contributed by atoms with Gasteiger partial charge in [0.15, 0.2) is 0 Å². The van der Waals surface area contributed by atoms with Gasteiger partial charge in [-0.25, -0.2) is 9.97 Å². The highest BCUT2D eigenvalue weighted by Gasteiger charge is 2.01. The first-order valence-electron chi connectivity index (χ1n) is 4.98. The van der Waals surface area contributed by atoms with Gasteiger partial charge in [-0.3, -0.25) is 4.68 Å². The van der Waals surface area contributed by atoms with Crippen LogP contribution in [0.5, 0.6) is 5.88 Å². The van der Waals surface area contributed by atoms with Crippen molar-refractivity contribution in [1.82, 2.24) is 19.7 Å². The predicted octanol–water partition coefficient (Wildman–Crippen LogP) is 1.35. The van der Waals surface area contributed by atoms with Gasteiger partial charge in [-0.05, 0) is 6.92 Å². The molecule has 6 nitrogen and oxygen atoms in total. The van der Waals surface area contributed by atoms with Gasteiger partial charge in [0.05, 0.1) is 18.5 Å². The fourth-order valence-corrected chi connectivity index (χ4v) is 1.27. The van der Waals surface area contributed by atoms with Crippen LogP contribution in [0.3, 0.4) is 0 Å². The molecule has 0 fully saturated rings. The van der Waals surface area contributed by atoms with Gasteiger partial charge in [0.1, 0.15) is 12.1 Å². The van der Waals surface area contributed by atoms with E-state index in [1.54, 1.807) is 16.9 Å². The maximum atomic E-state index is 5.28. The van der Waals surface area contributed by atoms with E-state index in [1.165, 1.54) is 6.33 Å². The van der Waals surface area contributed by atoms with Crippen LogP contribution in [0.1, 0.15) is 6.92 Å². The molecule has 84 valence electrons. The van der Waals surface area contributed by atoms with Gasteiger partial charge in [0.25, 0.3) is 0 Å². The largest absolute Gasteiger partial charge is 0.478 e. The summed E-state index contributed by atoms with van der Waals surface area (Å²) in [5.41, 5.74) is 0.878. The average Bonchev–Trinajstić information content (AvgIpc) is 2.65. The minimum atomic E-state index is 0.559. The van der Waals surface area contributed by atoms with Crippen molar-refractivity contribution in [3.8, 4) is 5.88 Å². The van der Waals surface area contributed by atoms with Crippen LogP contribution >= 0.6 is 0 Å². The van der Waals surface area contributed by atoms with Crippen LogP contribution in [0.4, 0.5) is 11.5 Å². The Bertz CT molecular complexity index is 468. The van der Waals surface area contributed by atoms with Crippen molar-refractivity contribution in [3.05, 3.63) is 24.8 Å². The van der Waals surface area contributed by atoms with Crippen molar-refractivity contribution in [2.75, 3.05) is 11.9 Å². The lowest BCUT2D eigenvalue weighted by Crippen LogP contribution is -1.98. The first-order valence-corrected chi connectivity index (χ1v) is 4.98. The molecule has 0 saturated heterocycles. The number of hydrogen-bond donors (Lipinski definition) is 1. The first kappa shape index (κ1) is 10.4. The topological polar surface area (TPSA) is 64.9 Å². The van der Waals surface area contributed by atoms with Gasteiger partial charge in [-0.15, -0.1) is 0 Å². The lowest BCUT2D eigenvalue weighted by atomic mass is 10.5. The third kappa shape index (κ3) is 2.47. The zero-order chi connectivity index (χ0) is 11.4. The van der Waals surface area contributed by atoms with Crippen molar-refractivity contribution in [2.24, 2.45) is 7.05 Å². The molecule has 0 radical (unpaired) electrons. The molecule has 0 unspecified atom stereocenters. The molecule has 16 heavy (non-hydrogen) atoms. The van der Waals surface area contributed by atoms with Gasteiger partial charge in [-0.1, -0.05) is 0 Å². The second-order valence-corrected chi connectivity index (χ2v) is 3.20. The Labute approximate surface area is 93.3 Å². The third-order valence-electron chi connectivity index (χ3n) is 1.91. The fraction of sp³-hybridized carbons (Fsp3) is 0.300. The van der Waals surface area contributed by atoms with Crippen LogP contribution < -0.4 is 10.1 Å². The summed E-state index contributed by atoms with van der Waals surface area (Å²) in [5, 5.41) is 7.16. The summed E-state index contributed by atoms with van der Waals surface area (Å²) >= 11 is 0. The lowest BCUT2D eigenvalue weighted by Gasteiger charge is -2.04. The quantitative estimate of drug-likeness (QED) is 0.840. The van der Waals surface area contributed by atoms with Gasteiger partial charge in [0, 0.05) is 19.3 Å². The second kappa shape index (κ2) is 4.61. The van der Waals surface area contributed by atoms with Crippen LogP contribution in [0.25, 0.3) is 0 Å². The molecule has 0 saturated carbocycles. The number of ether oxygens (including phenoxy) is 1. The Kier molecular flexibility index (Phi) is 3.00. The van der Waals surface area contributed by atoms with E-state index >= 15 is 0 Å². The maximum absolute atomic E-state index is 5.28. The Morgan fingerprint density at radius 3 is 3.00 bits per heavy atom. The summed E-state index contributed by atoms with van der Waals surface area (Å²) in [6, 6.07) is 1.75. The second-order valence-electron chi connectivity index (χ2n) is 3.20. The van der Waals surface area contributed by atoms with E-state index in [9.17, 15) is 0 Å². The van der Waals surface area contributed by atoms with E-state index in [4.69, 9.17) is 4.74 Å². The van der Waals surface area contributed by atoms with E-state index in [0.717, 1.165) is 5.69 Å². The number of anilines is 2. The Morgan fingerprint density at radius 2 is 2.31 bits per heavy atom. The molecular weight excluding hydrogens is 206 g/mol. The average molecular weight is 219 g/mol. The highest BCUT2D eigenvalue weighted by atomic mass is 16.5. The molecule has 2 aromatic heterocycles. The Hall–Kier alpha value is -2.11. The Morgan fingerprint density at radius 1 is 1.44 bits per heavy atom. The molecular formula is C10H13N5O. The van der Waals surface area contributed by atoms with Gasteiger partial charge in [-0.2, -0.15) is 5.10 Å². The molecule has 0 aliphatic heterocycles. The van der Waals surface area contributed by atoms with Crippen molar-refractivity contribution in [1.29, 1.82) is 0 Å². The monoisotopic (exact) mass is 219 g/mol. The molecule has 0 amide bonds. The smallest absolute Gasteiger partial charge is 0.218 e. The summed E-state index contributed by atoms with van der Waals surface area (Å²) in [7, 11) is 1.86. The molecule has 2 rings (SSSR count). The van der Waals surface area contributed by atoms with Crippen molar-refractivity contribution < 1.29 is 4.74 Å². The molecule has 0 aromatic carbocycles. The molecule has 0 atom stereocenters. The minimum Gasteiger partial charge on any atom is -0.478 e. The zero-order valence-corrected chi connectivity index (χ0v) is 9.21. The summed E-state index contributed by atoms with van der Waals surface area (Å²) in [6.45, 7) is 2.50. The molecule has 0 aliphatic rings. The summed E-state index contributed by atoms with van der Waals surface area (Å²) in [6.07, 6.45) is 5.05. The molecule has 0 spiro atoms. The summed E-state index contributed by atoms with van der Waals surface area (Å²) in [5.74, 6) is 1.25. The van der Waals surface area contributed by atoms with Crippen LogP contribution in [0, 0.1) is 0 Å². The molecule has 0 bridgehead atoms. The van der Waals surface area contributed by atoms with E-state index < -0.39 is 0 Å². The highest BCUT2D eigenvalue weighted by molar-refractivity contribution is 5.54. The lowest BCUT2D eigenvalue weighted by molar-refractivity contribution is 0.326. The SMILES string of the molecule is CCOc1cc(Nc2cnn(C)c2)ncn1. The van der Waals surface area contributed by atoms with E-state index in [0.29, 0.717) is 18.3 Å². The van der Waals surface area contributed by atoms with Crippen molar-refractivity contribution in [2.45, 2.75) is 6.92 Å². The van der Waals surface area contributed by atoms with Crippen molar-refractivity contribution >= 4 is 11.5 Å². The maximum Gasteiger partial charge on any atom is 0.218 e. The summed E-state index contributed by atoms with van der Waals surface area (Å²) < 4.78 is 6.99. The molecule has 6 heteroatoms. The highest BCUT2D eigenvalue weighted by Crippen LogP contribution is 2.16. The van der Waals surface area contributed by atoms with E-state index in [1.807, 2.05) is 20.2 Å². The normalized spacial score (nSPS) is 10.1. The molecule has 2 heterocycles. The number of nitrogens with zero attached hydrogens (tertiary/aromatic N) is 4. The minimum absolute atomic E-state index is 0.559. The Balaban J connectivity index is 2.12. The van der Waals surface area contributed by atoms with Crippen LogP contribution in [-0.4, -0.2) is 26.4 Å². The molecule has 2 aromatic rings. The predicted molar refractivity (Wildman–Crippen MR) is 59.7 cm³/mol. The third-order valence-corrected chi connectivity index (χ3v) is 1.91. The number of rotatable bonds is 4. The number of aryl methyl sites for hydroxylation is 1. The van der Waals surface area contributed by atoms with E-state index in [2.05, 4.69) is 20.4 Å². The van der Waals surface area contributed by atoms with Crippen molar-refractivity contribution in [3.63, 3.8) is 0 Å². The number of hydrogen-bond acceptors (Lipinski definition) is 5. The van der Waals surface area contributed by atoms with Gasteiger partial charge in [0.2, 0.25) is 5.88 Å². The van der Waals surface area contributed by atoms with Crippen LogP contribution in [-0.2, 0) is 7.05 Å². The number of aromatic nitrogens is 4. The zero-order valence-electron chi connectivity index (χ0n) is 9.21. The van der Waals surface area contributed by atoms with E-state index in [-0.39, 0.29) is 0 Å². The van der Waals surface area contributed by atoms with Gasteiger partial charge >= 0.3 is 0 Å². The number of nitrogens with one attached hydrogen (secondary N) is 1.